The van der Waals surface area contributed by atoms with Gasteiger partial charge in [-0.05, 0) is 112 Å². The summed E-state index contributed by atoms with van der Waals surface area (Å²) in [6, 6.07) is 4.70. The van der Waals surface area contributed by atoms with Crippen molar-refractivity contribution in [2.45, 2.75) is 119 Å². The predicted molar refractivity (Wildman–Crippen MR) is 173 cm³/mol. The maximum absolute atomic E-state index is 7.02. The van der Waals surface area contributed by atoms with Gasteiger partial charge in [-0.1, -0.05) is 89.8 Å². The Morgan fingerprint density at radius 1 is 0.579 bits per heavy atom. The van der Waals surface area contributed by atoms with E-state index in [4.69, 9.17) is 15.7 Å². The van der Waals surface area contributed by atoms with Crippen molar-refractivity contribution in [2.75, 3.05) is 0 Å². The minimum atomic E-state index is 0.654. The molecule has 0 aromatic heterocycles. The largest absolute Gasteiger partial charge is 0.115 e. The molecule has 0 aliphatic rings. The first-order valence-electron chi connectivity index (χ1n) is 15.2. The van der Waals surface area contributed by atoms with Crippen LogP contribution in [0.4, 0.5) is 0 Å². The molecule has 0 nitrogen and oxygen atoms in total. The van der Waals surface area contributed by atoms with Gasteiger partial charge in [0.2, 0.25) is 0 Å². The summed E-state index contributed by atoms with van der Waals surface area (Å²) < 4.78 is 0. The molecule has 0 fully saturated rings. The van der Waals surface area contributed by atoms with Crippen LogP contribution in [0.3, 0.4) is 0 Å². The molecule has 3 rings (SSSR count). The topological polar surface area (TPSA) is 0 Å². The van der Waals surface area contributed by atoms with Crippen molar-refractivity contribution in [3.8, 4) is 11.8 Å². The highest BCUT2D eigenvalue weighted by Crippen LogP contribution is 2.35. The Morgan fingerprint density at radius 3 is 1.61 bits per heavy atom. The molecule has 0 spiro atoms. The number of hydrogen-bond acceptors (Lipinski definition) is 0. The number of hydrogen-bond donors (Lipinski definition) is 0. The normalized spacial score (nSPS) is 11.5. The van der Waals surface area contributed by atoms with Crippen LogP contribution in [0, 0.1) is 11.8 Å². The lowest BCUT2D eigenvalue weighted by Crippen LogP contribution is -2.25. The van der Waals surface area contributed by atoms with Crippen LogP contribution in [0.2, 0.25) is 0 Å². The smallest absolute Gasteiger partial charge is 0.103 e. The van der Waals surface area contributed by atoms with Crippen LogP contribution in [-0.2, 0) is 38.5 Å². The highest BCUT2D eigenvalue weighted by atomic mass is 14.2. The molecule has 0 aliphatic carbocycles. The Kier molecular flexibility index (Phi) is 11.6. The fraction of sp³-hybridized carbons (Fsp3) is 0.500. The lowest BCUT2D eigenvalue weighted by Gasteiger charge is -2.24. The molecule has 2 heteroatoms. The molecular weight excluding hydrogens is 454 g/mol. The summed E-state index contributed by atoms with van der Waals surface area (Å²) in [6.07, 6.45) is 17.0. The first kappa shape index (κ1) is 30.2. The predicted octanol–water partition coefficient (Wildman–Crippen LogP) is 7.86. The molecular formula is C36H46B2. The molecule has 0 aliphatic heterocycles. The second-order valence-electron chi connectivity index (χ2n) is 10.5. The van der Waals surface area contributed by atoms with E-state index >= 15 is 0 Å². The Labute approximate surface area is 235 Å². The quantitative estimate of drug-likeness (QED) is 0.0781. The third-order valence-electron chi connectivity index (χ3n) is 8.17. The fourth-order valence-electron chi connectivity index (χ4n) is 6.13. The molecule has 0 saturated heterocycles. The molecule has 4 radical (unpaired) electrons. The van der Waals surface area contributed by atoms with Crippen LogP contribution in [0.5, 0.6) is 0 Å². The Balaban J connectivity index is 2.33. The van der Waals surface area contributed by atoms with Crippen molar-refractivity contribution in [3.05, 3.63) is 57.7 Å². The number of fused-ring (bicyclic) bond motifs is 2. The van der Waals surface area contributed by atoms with Gasteiger partial charge in [0.1, 0.15) is 15.7 Å². The van der Waals surface area contributed by atoms with Gasteiger partial charge in [0.15, 0.2) is 0 Å². The van der Waals surface area contributed by atoms with Crippen LogP contribution in [-0.4, -0.2) is 15.7 Å². The van der Waals surface area contributed by atoms with E-state index in [0.717, 1.165) is 84.2 Å². The molecule has 3 aromatic carbocycles. The van der Waals surface area contributed by atoms with Crippen molar-refractivity contribution < 1.29 is 0 Å². The van der Waals surface area contributed by atoms with Crippen LogP contribution >= 0.6 is 0 Å². The van der Waals surface area contributed by atoms with Crippen molar-refractivity contribution in [1.82, 2.24) is 0 Å². The molecule has 38 heavy (non-hydrogen) atoms. The highest BCUT2D eigenvalue weighted by Gasteiger charge is 2.19. The second-order valence-corrected chi connectivity index (χ2v) is 10.5. The third kappa shape index (κ3) is 6.25. The van der Waals surface area contributed by atoms with Gasteiger partial charge in [-0.3, -0.25) is 0 Å². The van der Waals surface area contributed by atoms with Crippen molar-refractivity contribution in [3.63, 3.8) is 0 Å². The van der Waals surface area contributed by atoms with Gasteiger partial charge in [-0.25, -0.2) is 0 Å². The standard InChI is InChI=1S/C36H46B2/c1-7-13-15-17-19-21-29-30(22-20-18-16-14-8-2)36(38)34-24-32-28(12-6)26(10-4)25(9-3)27(11-5)31(32)23-33(34)35(29)37/h17,19,23-24H,7-16,21-22H2,1-6H3/b19-17-. The summed E-state index contributed by atoms with van der Waals surface area (Å²) in [5, 5.41) is 4.89. The monoisotopic (exact) mass is 500 g/mol. The number of unbranched alkanes of at least 4 members (excludes halogenated alkanes) is 4. The van der Waals surface area contributed by atoms with Gasteiger partial charge in [-0.2, -0.15) is 0 Å². The summed E-state index contributed by atoms with van der Waals surface area (Å²) in [6.45, 7) is 13.6. The number of allylic oxidation sites excluding steroid dienone is 2. The van der Waals surface area contributed by atoms with Gasteiger partial charge in [0, 0.05) is 12.8 Å². The van der Waals surface area contributed by atoms with Crippen molar-refractivity contribution in [1.29, 1.82) is 0 Å². The molecule has 0 saturated carbocycles. The lowest BCUT2D eigenvalue weighted by atomic mass is 9.72. The Morgan fingerprint density at radius 2 is 1.11 bits per heavy atom. The zero-order valence-electron chi connectivity index (χ0n) is 24.9. The molecule has 3 aromatic rings. The third-order valence-corrected chi connectivity index (χ3v) is 8.17. The van der Waals surface area contributed by atoms with E-state index in [-0.39, 0.29) is 0 Å². The minimum absolute atomic E-state index is 0.654. The summed E-state index contributed by atoms with van der Waals surface area (Å²) >= 11 is 0. The van der Waals surface area contributed by atoms with Crippen molar-refractivity contribution in [2.24, 2.45) is 0 Å². The van der Waals surface area contributed by atoms with Gasteiger partial charge >= 0.3 is 0 Å². The number of aryl methyl sites for hydroxylation is 2. The van der Waals surface area contributed by atoms with Gasteiger partial charge in [0.25, 0.3) is 0 Å². The maximum Gasteiger partial charge on any atom is 0.115 e. The van der Waals surface area contributed by atoms with Crippen molar-refractivity contribution >= 4 is 48.2 Å². The van der Waals surface area contributed by atoms with Crippen LogP contribution in [0.25, 0.3) is 21.5 Å². The minimum Gasteiger partial charge on any atom is -0.103 e. The summed E-state index contributed by atoms with van der Waals surface area (Å²) in [4.78, 5) is 0. The summed E-state index contributed by atoms with van der Waals surface area (Å²) in [5.74, 6) is 6.79. The molecule has 0 unspecified atom stereocenters. The lowest BCUT2D eigenvalue weighted by molar-refractivity contribution is 0.813. The SMILES string of the molecule is [B]c1c(CC#CCCCC)c(C/C=C\CCCC)c([B])c2cc3c(CC)c(CC)c(CC)c(CC)c3cc12. The van der Waals surface area contributed by atoms with Crippen LogP contribution in [0.15, 0.2) is 24.3 Å². The fourth-order valence-corrected chi connectivity index (χ4v) is 6.13. The second kappa shape index (κ2) is 14.7. The van der Waals surface area contributed by atoms with Crippen LogP contribution < -0.4 is 10.9 Å². The summed E-state index contributed by atoms with van der Waals surface area (Å²) in [7, 11) is 14.0. The Bertz CT molecular complexity index is 1350. The van der Waals surface area contributed by atoms with E-state index in [2.05, 4.69) is 77.7 Å². The number of rotatable bonds is 12. The maximum atomic E-state index is 7.02. The zero-order chi connectivity index (χ0) is 27.7. The first-order chi connectivity index (χ1) is 18.5. The van der Waals surface area contributed by atoms with Crippen LogP contribution in [0.1, 0.15) is 113 Å². The van der Waals surface area contributed by atoms with E-state index in [1.165, 1.54) is 52.3 Å². The average molecular weight is 500 g/mol. The van der Waals surface area contributed by atoms with E-state index in [1.54, 1.807) is 0 Å². The van der Waals surface area contributed by atoms with E-state index in [0.29, 0.717) is 6.42 Å². The van der Waals surface area contributed by atoms with Gasteiger partial charge in [-0.15, -0.1) is 5.92 Å². The molecule has 196 valence electrons. The van der Waals surface area contributed by atoms with E-state index in [9.17, 15) is 0 Å². The summed E-state index contributed by atoms with van der Waals surface area (Å²) in [5.41, 5.74) is 10.0. The molecule has 0 bridgehead atoms. The molecule has 0 atom stereocenters. The Hall–Kier alpha value is -2.39. The van der Waals surface area contributed by atoms with Gasteiger partial charge in [0.05, 0.1) is 0 Å². The number of benzene rings is 3. The molecule has 0 heterocycles. The van der Waals surface area contributed by atoms with Gasteiger partial charge < -0.3 is 0 Å². The van der Waals surface area contributed by atoms with E-state index < -0.39 is 0 Å². The average Bonchev–Trinajstić information content (AvgIpc) is 2.93. The molecule has 0 amide bonds. The highest BCUT2D eigenvalue weighted by molar-refractivity contribution is 6.47. The first-order valence-corrected chi connectivity index (χ1v) is 15.2. The molecule has 0 N–H and O–H groups in total. The van der Waals surface area contributed by atoms with E-state index in [1.807, 2.05) is 0 Å². The zero-order valence-corrected chi connectivity index (χ0v) is 24.9.